The smallest absolute Gasteiger partial charge is 0.256 e. The number of primary amides is 1. The maximum absolute atomic E-state index is 11.4. The summed E-state index contributed by atoms with van der Waals surface area (Å²) in [6.07, 6.45) is -3.86. The summed E-state index contributed by atoms with van der Waals surface area (Å²) in [5.41, 5.74) is 5.11. The van der Waals surface area contributed by atoms with Gasteiger partial charge in [0.2, 0.25) is 5.91 Å². The van der Waals surface area contributed by atoms with Gasteiger partial charge in [0, 0.05) is 10.7 Å². The van der Waals surface area contributed by atoms with Crippen molar-refractivity contribution in [2.45, 2.75) is 12.2 Å². The molecule has 92 valence electrons. The van der Waals surface area contributed by atoms with Gasteiger partial charge in [-0.1, -0.05) is 11.6 Å². The van der Waals surface area contributed by atoms with Gasteiger partial charge in [0.05, 0.1) is 0 Å². The molecule has 0 aliphatic rings. The fourth-order valence-corrected chi connectivity index (χ4v) is 1.17. The Morgan fingerprint density at radius 3 is 2.18 bits per heavy atom. The molecule has 2 unspecified atom stereocenters. The standard InChI is InChI=1S/C10H11ClN2O4/c11-5-1-3-6(4-2-5)13-10(17)8(15)7(14)9(12)16/h1-4,7-8,14-15H,(H2,12,16)(H,13,17). The lowest BCUT2D eigenvalue weighted by Crippen LogP contribution is -2.45. The fraction of sp³-hybridized carbons (Fsp3) is 0.200. The number of benzene rings is 1. The quantitative estimate of drug-likeness (QED) is 0.582. The van der Waals surface area contributed by atoms with E-state index in [0.717, 1.165) is 0 Å². The predicted octanol–water partition coefficient (Wildman–Crippen LogP) is -0.514. The Morgan fingerprint density at radius 2 is 1.71 bits per heavy atom. The molecule has 1 rings (SSSR count). The lowest BCUT2D eigenvalue weighted by molar-refractivity contribution is -0.141. The van der Waals surface area contributed by atoms with Crippen LogP contribution in [0.2, 0.25) is 5.02 Å². The van der Waals surface area contributed by atoms with E-state index in [0.29, 0.717) is 10.7 Å². The van der Waals surface area contributed by atoms with Crippen molar-refractivity contribution in [3.8, 4) is 0 Å². The van der Waals surface area contributed by atoms with Crippen LogP contribution in [0.3, 0.4) is 0 Å². The fourth-order valence-electron chi connectivity index (χ4n) is 1.05. The zero-order chi connectivity index (χ0) is 13.0. The van der Waals surface area contributed by atoms with Crippen molar-refractivity contribution in [3.63, 3.8) is 0 Å². The van der Waals surface area contributed by atoms with Crippen LogP contribution in [-0.2, 0) is 9.59 Å². The molecule has 6 nitrogen and oxygen atoms in total. The van der Waals surface area contributed by atoms with Crippen molar-refractivity contribution in [2.24, 2.45) is 5.73 Å². The number of halogens is 1. The Morgan fingerprint density at radius 1 is 1.18 bits per heavy atom. The van der Waals surface area contributed by atoms with Crippen LogP contribution in [0, 0.1) is 0 Å². The Labute approximate surface area is 102 Å². The lowest BCUT2D eigenvalue weighted by Gasteiger charge is -2.14. The van der Waals surface area contributed by atoms with Crippen LogP contribution in [0.25, 0.3) is 0 Å². The molecular weight excluding hydrogens is 248 g/mol. The molecule has 0 spiro atoms. The highest BCUT2D eigenvalue weighted by atomic mass is 35.5. The summed E-state index contributed by atoms with van der Waals surface area (Å²) in [5.74, 6) is -2.11. The van der Waals surface area contributed by atoms with E-state index >= 15 is 0 Å². The molecule has 0 bridgehead atoms. The SMILES string of the molecule is NC(=O)C(O)C(O)C(=O)Nc1ccc(Cl)cc1. The molecule has 0 saturated heterocycles. The number of hydrogen-bond acceptors (Lipinski definition) is 4. The van der Waals surface area contributed by atoms with Crippen molar-refractivity contribution in [2.75, 3.05) is 5.32 Å². The molecule has 2 atom stereocenters. The first-order chi connectivity index (χ1) is 7.91. The lowest BCUT2D eigenvalue weighted by atomic mass is 10.2. The number of anilines is 1. The second-order valence-corrected chi connectivity index (χ2v) is 3.72. The van der Waals surface area contributed by atoms with E-state index in [2.05, 4.69) is 5.32 Å². The summed E-state index contributed by atoms with van der Waals surface area (Å²) < 4.78 is 0. The number of hydrogen-bond donors (Lipinski definition) is 4. The molecule has 0 saturated carbocycles. The third kappa shape index (κ3) is 3.70. The van der Waals surface area contributed by atoms with Crippen LogP contribution in [0.1, 0.15) is 0 Å². The van der Waals surface area contributed by atoms with Crippen molar-refractivity contribution in [1.29, 1.82) is 0 Å². The zero-order valence-electron chi connectivity index (χ0n) is 8.63. The van der Waals surface area contributed by atoms with Crippen molar-refractivity contribution in [3.05, 3.63) is 29.3 Å². The molecule has 0 aliphatic heterocycles. The minimum absolute atomic E-state index is 0.370. The minimum atomic E-state index is -1.94. The molecule has 1 aromatic rings. The van der Waals surface area contributed by atoms with Gasteiger partial charge >= 0.3 is 0 Å². The second kappa shape index (κ2) is 5.62. The second-order valence-electron chi connectivity index (χ2n) is 3.29. The van der Waals surface area contributed by atoms with Gasteiger partial charge in [-0.25, -0.2) is 0 Å². The molecule has 2 amide bonds. The number of aliphatic hydroxyl groups excluding tert-OH is 2. The highest BCUT2D eigenvalue weighted by Crippen LogP contribution is 2.13. The summed E-state index contributed by atoms with van der Waals surface area (Å²) in [6.45, 7) is 0. The molecule has 0 aliphatic carbocycles. The highest BCUT2D eigenvalue weighted by molar-refractivity contribution is 6.30. The van der Waals surface area contributed by atoms with Gasteiger partial charge < -0.3 is 21.3 Å². The van der Waals surface area contributed by atoms with E-state index in [4.69, 9.17) is 22.4 Å². The van der Waals surface area contributed by atoms with Crippen LogP contribution in [0.15, 0.2) is 24.3 Å². The summed E-state index contributed by atoms with van der Waals surface area (Å²) in [6, 6.07) is 6.08. The molecule has 0 radical (unpaired) electrons. The Balaban J connectivity index is 2.66. The van der Waals surface area contributed by atoms with E-state index in [-0.39, 0.29) is 0 Å². The van der Waals surface area contributed by atoms with Gasteiger partial charge in [-0.2, -0.15) is 0 Å². The van der Waals surface area contributed by atoms with Gasteiger partial charge in [0.1, 0.15) is 0 Å². The normalized spacial score (nSPS) is 13.8. The van der Waals surface area contributed by atoms with E-state index in [1.165, 1.54) is 24.3 Å². The largest absolute Gasteiger partial charge is 0.380 e. The first kappa shape index (κ1) is 13.4. The summed E-state index contributed by atoms with van der Waals surface area (Å²) >= 11 is 5.64. The van der Waals surface area contributed by atoms with Crippen LogP contribution in [0.5, 0.6) is 0 Å². The van der Waals surface area contributed by atoms with Gasteiger partial charge in [-0.15, -0.1) is 0 Å². The van der Waals surface area contributed by atoms with Crippen LogP contribution in [-0.4, -0.2) is 34.2 Å². The Kier molecular flexibility index (Phi) is 4.45. The Hall–Kier alpha value is -1.63. The minimum Gasteiger partial charge on any atom is -0.380 e. The van der Waals surface area contributed by atoms with Gasteiger partial charge in [0.15, 0.2) is 12.2 Å². The van der Waals surface area contributed by atoms with Crippen molar-refractivity contribution in [1.82, 2.24) is 0 Å². The maximum atomic E-state index is 11.4. The molecule has 0 heterocycles. The molecule has 7 heteroatoms. The molecular formula is C10H11ClN2O4. The average Bonchev–Trinajstić information content (AvgIpc) is 2.30. The maximum Gasteiger partial charge on any atom is 0.256 e. The van der Waals surface area contributed by atoms with Gasteiger partial charge in [-0.05, 0) is 24.3 Å². The number of aliphatic hydroxyl groups is 2. The Bertz CT molecular complexity index is 421. The number of amides is 2. The zero-order valence-corrected chi connectivity index (χ0v) is 9.39. The average molecular weight is 259 g/mol. The summed E-state index contributed by atoms with van der Waals surface area (Å²) in [5, 5.41) is 21.1. The van der Waals surface area contributed by atoms with Gasteiger partial charge in [0.25, 0.3) is 5.91 Å². The third-order valence-electron chi connectivity index (χ3n) is 1.97. The van der Waals surface area contributed by atoms with E-state index < -0.39 is 24.0 Å². The van der Waals surface area contributed by atoms with E-state index in [1.807, 2.05) is 0 Å². The third-order valence-corrected chi connectivity index (χ3v) is 2.22. The summed E-state index contributed by atoms with van der Waals surface area (Å²) in [7, 11) is 0. The first-order valence-electron chi connectivity index (χ1n) is 4.63. The van der Waals surface area contributed by atoms with Crippen LogP contribution < -0.4 is 11.1 Å². The first-order valence-corrected chi connectivity index (χ1v) is 5.01. The monoisotopic (exact) mass is 258 g/mol. The molecule has 0 fully saturated rings. The summed E-state index contributed by atoms with van der Waals surface area (Å²) in [4.78, 5) is 21.9. The highest BCUT2D eigenvalue weighted by Gasteiger charge is 2.28. The van der Waals surface area contributed by atoms with Crippen molar-refractivity contribution < 1.29 is 19.8 Å². The number of rotatable bonds is 4. The van der Waals surface area contributed by atoms with E-state index in [1.54, 1.807) is 0 Å². The molecule has 17 heavy (non-hydrogen) atoms. The predicted molar refractivity (Wildman–Crippen MR) is 61.3 cm³/mol. The van der Waals surface area contributed by atoms with E-state index in [9.17, 15) is 14.7 Å². The van der Waals surface area contributed by atoms with Crippen molar-refractivity contribution >= 4 is 29.1 Å². The molecule has 5 N–H and O–H groups in total. The number of carbonyl (C=O) groups excluding carboxylic acids is 2. The number of carbonyl (C=O) groups is 2. The topological polar surface area (TPSA) is 113 Å². The van der Waals surface area contributed by atoms with Crippen LogP contribution in [0.4, 0.5) is 5.69 Å². The molecule has 0 aromatic heterocycles. The number of nitrogens with one attached hydrogen (secondary N) is 1. The van der Waals surface area contributed by atoms with Crippen LogP contribution >= 0.6 is 11.6 Å². The number of nitrogens with two attached hydrogens (primary N) is 1. The van der Waals surface area contributed by atoms with Gasteiger partial charge in [-0.3, -0.25) is 9.59 Å². The molecule has 1 aromatic carbocycles.